The Morgan fingerprint density at radius 3 is 2.77 bits per heavy atom. The van der Waals surface area contributed by atoms with Gasteiger partial charge in [0.25, 0.3) is 0 Å². The van der Waals surface area contributed by atoms with Crippen LogP contribution in [0.25, 0.3) is 0 Å². The lowest BCUT2D eigenvalue weighted by atomic mass is 10.1. The van der Waals surface area contributed by atoms with Gasteiger partial charge in [0.1, 0.15) is 5.82 Å². The van der Waals surface area contributed by atoms with E-state index in [0.29, 0.717) is 13.1 Å². The summed E-state index contributed by atoms with van der Waals surface area (Å²) in [7, 11) is 5.99. The summed E-state index contributed by atoms with van der Waals surface area (Å²) in [6, 6.07) is 6.85. The topological polar surface area (TPSA) is 57.5 Å². The first-order valence-corrected chi connectivity index (χ1v) is 8.91. The minimum absolute atomic E-state index is 0.155. The van der Waals surface area contributed by atoms with Crippen molar-refractivity contribution in [3.63, 3.8) is 0 Å². The molecule has 0 fully saturated rings. The summed E-state index contributed by atoms with van der Waals surface area (Å²) < 4.78 is 15.1. The van der Waals surface area contributed by atoms with E-state index in [1.54, 1.807) is 16.8 Å². The van der Waals surface area contributed by atoms with Gasteiger partial charge in [-0.2, -0.15) is 5.10 Å². The van der Waals surface area contributed by atoms with E-state index in [4.69, 9.17) is 4.99 Å². The standard InChI is InChI=1S/C19H29FN6/c1-5-21-19(22-10-9-15-7-6-8-17(20)11-15)23-13-18(25(2)3)16-12-24-26(4)14-16/h6-8,11-12,14,18H,5,9-10,13H2,1-4H3,(H2,21,22,23). The number of aromatic nitrogens is 2. The van der Waals surface area contributed by atoms with Crippen LogP contribution in [0.3, 0.4) is 0 Å². The highest BCUT2D eigenvalue weighted by molar-refractivity contribution is 5.79. The van der Waals surface area contributed by atoms with Crippen LogP contribution in [0.2, 0.25) is 0 Å². The molecule has 0 spiro atoms. The van der Waals surface area contributed by atoms with Gasteiger partial charge in [-0.25, -0.2) is 4.39 Å². The van der Waals surface area contributed by atoms with Crippen LogP contribution in [0.5, 0.6) is 0 Å². The molecule has 1 atom stereocenters. The van der Waals surface area contributed by atoms with Crippen LogP contribution in [-0.2, 0) is 13.5 Å². The quantitative estimate of drug-likeness (QED) is 0.558. The number of rotatable bonds is 8. The maximum absolute atomic E-state index is 13.3. The molecule has 2 N–H and O–H groups in total. The van der Waals surface area contributed by atoms with Crippen LogP contribution >= 0.6 is 0 Å². The van der Waals surface area contributed by atoms with Gasteiger partial charge in [0.05, 0.1) is 18.8 Å². The lowest BCUT2D eigenvalue weighted by molar-refractivity contribution is 0.306. The van der Waals surface area contributed by atoms with Gasteiger partial charge in [0, 0.05) is 31.9 Å². The number of aliphatic imine (C=N–C) groups is 1. The SMILES string of the molecule is CCNC(=NCC(c1cnn(C)c1)N(C)C)NCCc1cccc(F)c1. The summed E-state index contributed by atoms with van der Waals surface area (Å²) in [4.78, 5) is 6.85. The lowest BCUT2D eigenvalue weighted by Crippen LogP contribution is -2.39. The summed E-state index contributed by atoms with van der Waals surface area (Å²) in [6.07, 6.45) is 4.64. The Morgan fingerprint density at radius 1 is 1.35 bits per heavy atom. The monoisotopic (exact) mass is 360 g/mol. The van der Waals surface area contributed by atoms with Crippen LogP contribution < -0.4 is 10.6 Å². The minimum Gasteiger partial charge on any atom is -0.357 e. The number of nitrogens with zero attached hydrogens (tertiary/aromatic N) is 4. The van der Waals surface area contributed by atoms with Crippen molar-refractivity contribution in [1.82, 2.24) is 25.3 Å². The molecule has 2 aromatic rings. The highest BCUT2D eigenvalue weighted by Crippen LogP contribution is 2.17. The minimum atomic E-state index is -0.201. The zero-order valence-electron chi connectivity index (χ0n) is 16.0. The van der Waals surface area contributed by atoms with Crippen molar-refractivity contribution >= 4 is 5.96 Å². The maximum atomic E-state index is 13.3. The Morgan fingerprint density at radius 2 is 2.15 bits per heavy atom. The zero-order valence-corrected chi connectivity index (χ0v) is 16.0. The molecule has 0 amide bonds. The molecule has 1 unspecified atom stereocenters. The Bertz CT molecular complexity index is 710. The highest BCUT2D eigenvalue weighted by Gasteiger charge is 2.15. The Labute approximate surface area is 155 Å². The third-order valence-corrected chi connectivity index (χ3v) is 4.09. The van der Waals surface area contributed by atoms with Gasteiger partial charge >= 0.3 is 0 Å². The third-order valence-electron chi connectivity index (χ3n) is 4.09. The molecule has 0 aliphatic rings. The predicted octanol–water partition coefficient (Wildman–Crippen LogP) is 1.96. The van der Waals surface area contributed by atoms with Crippen molar-refractivity contribution in [2.24, 2.45) is 12.0 Å². The van der Waals surface area contributed by atoms with Crippen LogP contribution in [0.15, 0.2) is 41.7 Å². The van der Waals surface area contributed by atoms with Gasteiger partial charge in [-0.1, -0.05) is 12.1 Å². The highest BCUT2D eigenvalue weighted by atomic mass is 19.1. The first-order chi connectivity index (χ1) is 12.5. The lowest BCUT2D eigenvalue weighted by Gasteiger charge is -2.22. The van der Waals surface area contributed by atoms with Crippen LogP contribution in [0.4, 0.5) is 4.39 Å². The molecular weight excluding hydrogens is 331 g/mol. The van der Waals surface area contributed by atoms with Gasteiger partial charge in [-0.05, 0) is 45.1 Å². The van der Waals surface area contributed by atoms with Gasteiger partial charge in [-0.3, -0.25) is 9.67 Å². The summed E-state index contributed by atoms with van der Waals surface area (Å²) >= 11 is 0. The smallest absolute Gasteiger partial charge is 0.191 e. The van der Waals surface area contributed by atoms with Gasteiger partial charge in [0.2, 0.25) is 0 Å². The molecule has 0 radical (unpaired) electrons. The molecule has 1 aromatic carbocycles. The maximum Gasteiger partial charge on any atom is 0.191 e. The number of aryl methyl sites for hydroxylation is 1. The molecule has 0 aliphatic carbocycles. The Kier molecular flexibility index (Phi) is 7.59. The van der Waals surface area contributed by atoms with Crippen LogP contribution in [0.1, 0.15) is 24.1 Å². The summed E-state index contributed by atoms with van der Waals surface area (Å²) in [5, 5.41) is 10.8. The van der Waals surface area contributed by atoms with E-state index in [1.165, 1.54) is 6.07 Å². The van der Waals surface area contributed by atoms with E-state index >= 15 is 0 Å². The van der Waals surface area contributed by atoms with E-state index < -0.39 is 0 Å². The number of likely N-dealkylation sites (N-methyl/N-ethyl adjacent to an activating group) is 1. The number of benzene rings is 1. The van der Waals surface area contributed by atoms with Crippen LogP contribution in [0, 0.1) is 5.82 Å². The fourth-order valence-electron chi connectivity index (χ4n) is 2.72. The molecule has 0 saturated heterocycles. The molecule has 0 bridgehead atoms. The second-order valence-corrected chi connectivity index (χ2v) is 6.45. The summed E-state index contributed by atoms with van der Waals surface area (Å²) in [6.45, 7) is 4.13. The first kappa shape index (κ1) is 19.9. The van der Waals surface area contributed by atoms with Gasteiger partial charge in [-0.15, -0.1) is 0 Å². The second-order valence-electron chi connectivity index (χ2n) is 6.45. The molecule has 26 heavy (non-hydrogen) atoms. The number of nitrogens with one attached hydrogen (secondary N) is 2. The van der Waals surface area contributed by atoms with E-state index in [-0.39, 0.29) is 11.9 Å². The van der Waals surface area contributed by atoms with E-state index in [9.17, 15) is 4.39 Å². The van der Waals surface area contributed by atoms with Crippen molar-refractivity contribution in [3.8, 4) is 0 Å². The van der Waals surface area contributed by atoms with Crippen LogP contribution in [-0.4, -0.2) is 54.4 Å². The molecular formula is C19H29FN6. The fourth-order valence-corrected chi connectivity index (χ4v) is 2.72. The van der Waals surface area contributed by atoms with Gasteiger partial charge < -0.3 is 15.5 Å². The molecule has 1 aromatic heterocycles. The normalized spacial score (nSPS) is 13.1. The number of hydrogen-bond donors (Lipinski definition) is 2. The number of guanidine groups is 1. The average molecular weight is 360 g/mol. The number of hydrogen-bond acceptors (Lipinski definition) is 3. The molecule has 0 saturated carbocycles. The number of halogens is 1. The third kappa shape index (κ3) is 6.15. The first-order valence-electron chi connectivity index (χ1n) is 8.91. The Balaban J connectivity index is 1.95. The zero-order chi connectivity index (χ0) is 18.9. The molecule has 7 heteroatoms. The molecule has 2 rings (SSSR count). The summed E-state index contributed by atoms with van der Waals surface area (Å²) in [5.74, 6) is 0.563. The van der Waals surface area contributed by atoms with E-state index in [0.717, 1.165) is 30.1 Å². The fraction of sp³-hybridized carbons (Fsp3) is 0.474. The largest absolute Gasteiger partial charge is 0.357 e. The second kappa shape index (κ2) is 9.91. The summed E-state index contributed by atoms with van der Waals surface area (Å²) in [5.41, 5.74) is 2.10. The van der Waals surface area contributed by atoms with Gasteiger partial charge in [0.15, 0.2) is 5.96 Å². The molecule has 0 aliphatic heterocycles. The molecule has 6 nitrogen and oxygen atoms in total. The van der Waals surface area contributed by atoms with Crippen molar-refractivity contribution in [1.29, 1.82) is 0 Å². The average Bonchev–Trinajstić information content (AvgIpc) is 3.01. The van der Waals surface area contributed by atoms with Crippen molar-refractivity contribution in [2.45, 2.75) is 19.4 Å². The Hall–Kier alpha value is -2.41. The predicted molar refractivity (Wildman–Crippen MR) is 104 cm³/mol. The molecule has 1 heterocycles. The van der Waals surface area contributed by atoms with E-state index in [2.05, 4.69) is 20.6 Å². The van der Waals surface area contributed by atoms with Crippen molar-refractivity contribution in [2.75, 3.05) is 33.7 Å². The van der Waals surface area contributed by atoms with Crippen molar-refractivity contribution < 1.29 is 4.39 Å². The van der Waals surface area contributed by atoms with E-state index in [1.807, 2.05) is 46.5 Å². The molecule has 142 valence electrons. The van der Waals surface area contributed by atoms with Crippen molar-refractivity contribution in [3.05, 3.63) is 53.6 Å².